The molecule has 0 aliphatic carbocycles. The molecule has 33 heavy (non-hydrogen) atoms. The number of methoxy groups -OCH3 is 1. The molecule has 0 radical (unpaired) electrons. The van der Waals surface area contributed by atoms with Crippen molar-refractivity contribution in [3.63, 3.8) is 0 Å². The summed E-state index contributed by atoms with van der Waals surface area (Å²) in [6, 6.07) is 10.5. The average molecular weight is 516 g/mol. The van der Waals surface area contributed by atoms with Gasteiger partial charge in [-0.2, -0.15) is 0 Å². The maximum atomic E-state index is 13.5. The van der Waals surface area contributed by atoms with Gasteiger partial charge in [0.15, 0.2) is 0 Å². The van der Waals surface area contributed by atoms with Gasteiger partial charge in [-0.25, -0.2) is 8.42 Å². The van der Waals surface area contributed by atoms with E-state index in [1.807, 2.05) is 0 Å². The third-order valence-electron chi connectivity index (χ3n) is 4.99. The van der Waals surface area contributed by atoms with Crippen LogP contribution in [0.5, 0.6) is 5.75 Å². The maximum Gasteiger partial charge on any atom is 0.244 e. The highest BCUT2D eigenvalue weighted by molar-refractivity contribution is 7.92. The first kappa shape index (κ1) is 26.8. The van der Waals surface area contributed by atoms with E-state index in [2.05, 4.69) is 5.32 Å². The zero-order chi connectivity index (χ0) is 24.8. The largest absolute Gasteiger partial charge is 0.497 e. The molecule has 0 spiro atoms. The van der Waals surface area contributed by atoms with E-state index in [1.165, 1.54) is 25.1 Å². The van der Waals surface area contributed by atoms with E-state index in [0.717, 1.165) is 10.6 Å². The lowest BCUT2D eigenvalue weighted by molar-refractivity contribution is -0.140. The number of ether oxygens (including phenoxy) is 1. The van der Waals surface area contributed by atoms with Gasteiger partial charge < -0.3 is 15.0 Å². The highest BCUT2D eigenvalue weighted by atomic mass is 35.5. The van der Waals surface area contributed by atoms with Crippen molar-refractivity contribution in [2.24, 2.45) is 0 Å². The van der Waals surface area contributed by atoms with E-state index >= 15 is 0 Å². The van der Waals surface area contributed by atoms with Crippen molar-refractivity contribution >= 4 is 50.7 Å². The molecule has 8 nitrogen and oxygen atoms in total. The van der Waals surface area contributed by atoms with Crippen LogP contribution in [0.1, 0.15) is 18.9 Å². The molecular formula is C22H27Cl2N3O5S. The molecule has 2 aromatic carbocycles. The summed E-state index contributed by atoms with van der Waals surface area (Å²) in [6.07, 6.45) is 1.34. The zero-order valence-electron chi connectivity index (χ0n) is 18.8. The van der Waals surface area contributed by atoms with Crippen LogP contribution < -0.4 is 14.4 Å². The summed E-state index contributed by atoms with van der Waals surface area (Å²) in [7, 11) is -0.884. The highest BCUT2D eigenvalue weighted by Crippen LogP contribution is 2.26. The summed E-state index contributed by atoms with van der Waals surface area (Å²) in [5.74, 6) is -0.471. The predicted molar refractivity (Wildman–Crippen MR) is 130 cm³/mol. The summed E-state index contributed by atoms with van der Waals surface area (Å²) in [5.41, 5.74) is 0.917. The van der Waals surface area contributed by atoms with Crippen molar-refractivity contribution in [1.29, 1.82) is 0 Å². The van der Waals surface area contributed by atoms with Gasteiger partial charge >= 0.3 is 0 Å². The third-order valence-corrected chi connectivity index (χ3v) is 6.87. The zero-order valence-corrected chi connectivity index (χ0v) is 21.2. The number of hydrogen-bond acceptors (Lipinski definition) is 5. The van der Waals surface area contributed by atoms with Gasteiger partial charge in [-0.15, -0.1) is 0 Å². The molecule has 0 fully saturated rings. The number of anilines is 1. The molecule has 0 aromatic heterocycles. The molecule has 11 heteroatoms. The normalized spacial score (nSPS) is 12.1. The van der Waals surface area contributed by atoms with Crippen LogP contribution in [0.25, 0.3) is 0 Å². The van der Waals surface area contributed by atoms with E-state index in [-0.39, 0.29) is 18.1 Å². The molecular weight excluding hydrogens is 489 g/mol. The summed E-state index contributed by atoms with van der Waals surface area (Å²) >= 11 is 12.1. The van der Waals surface area contributed by atoms with Crippen LogP contribution >= 0.6 is 23.2 Å². The number of rotatable bonds is 10. The molecule has 0 saturated heterocycles. The topological polar surface area (TPSA) is 96.0 Å². The first-order chi connectivity index (χ1) is 15.5. The minimum absolute atomic E-state index is 0.0390. The van der Waals surface area contributed by atoms with Crippen molar-refractivity contribution in [3.05, 3.63) is 58.1 Å². The van der Waals surface area contributed by atoms with Gasteiger partial charge in [-0.05, 0) is 36.2 Å². The van der Waals surface area contributed by atoms with Gasteiger partial charge in [0.25, 0.3) is 0 Å². The van der Waals surface area contributed by atoms with Crippen LogP contribution in [0, 0.1) is 0 Å². The van der Waals surface area contributed by atoms with Crippen LogP contribution in [0.4, 0.5) is 5.69 Å². The first-order valence-electron chi connectivity index (χ1n) is 10.1. The molecule has 1 atom stereocenters. The Kier molecular flexibility index (Phi) is 9.39. The summed E-state index contributed by atoms with van der Waals surface area (Å²) < 4.78 is 31.3. The summed E-state index contributed by atoms with van der Waals surface area (Å²) in [4.78, 5) is 27.3. The molecule has 2 amide bonds. The lowest BCUT2D eigenvalue weighted by Crippen LogP contribution is -2.51. The fraction of sp³-hybridized carbons (Fsp3) is 0.364. The number of nitrogens with one attached hydrogen (secondary N) is 1. The predicted octanol–water partition coefficient (Wildman–Crippen LogP) is 3.32. The summed E-state index contributed by atoms with van der Waals surface area (Å²) in [6.45, 7) is 1.31. The first-order valence-corrected chi connectivity index (χ1v) is 12.7. The van der Waals surface area contributed by atoms with E-state index in [9.17, 15) is 18.0 Å². The third kappa shape index (κ3) is 6.99. The molecule has 1 N–H and O–H groups in total. The molecule has 2 rings (SSSR count). The molecule has 0 aliphatic heterocycles. The van der Waals surface area contributed by atoms with Crippen molar-refractivity contribution < 1.29 is 22.7 Å². The van der Waals surface area contributed by atoms with Gasteiger partial charge in [0, 0.05) is 19.7 Å². The number of amides is 2. The number of benzene rings is 2. The number of sulfonamides is 1. The van der Waals surface area contributed by atoms with Crippen molar-refractivity contribution in [2.45, 2.75) is 25.9 Å². The molecule has 0 bridgehead atoms. The number of likely N-dealkylation sites (N-methyl/N-ethyl adjacent to an activating group) is 1. The van der Waals surface area contributed by atoms with Gasteiger partial charge in [-0.1, -0.05) is 42.3 Å². The Labute approximate surface area is 204 Å². The molecule has 180 valence electrons. The van der Waals surface area contributed by atoms with Gasteiger partial charge in [0.05, 0.1) is 29.1 Å². The molecule has 2 aromatic rings. The highest BCUT2D eigenvalue weighted by Gasteiger charge is 2.31. The second kappa shape index (κ2) is 11.6. The van der Waals surface area contributed by atoms with Crippen LogP contribution in [0.3, 0.4) is 0 Å². The maximum absolute atomic E-state index is 13.5. The number of carbonyl (C=O) groups excluding carboxylic acids is 2. The molecule has 0 saturated carbocycles. The van der Waals surface area contributed by atoms with Crippen molar-refractivity contribution in [1.82, 2.24) is 10.2 Å². The van der Waals surface area contributed by atoms with Gasteiger partial charge in [0.1, 0.15) is 18.3 Å². The Balaban J connectivity index is 2.45. The fourth-order valence-electron chi connectivity index (χ4n) is 3.30. The lowest BCUT2D eigenvalue weighted by Gasteiger charge is -2.32. The molecule has 1 unspecified atom stereocenters. The number of nitrogens with zero attached hydrogens (tertiary/aromatic N) is 2. The van der Waals surface area contributed by atoms with Crippen LogP contribution in [-0.2, 0) is 26.2 Å². The van der Waals surface area contributed by atoms with Crippen molar-refractivity contribution in [3.8, 4) is 5.75 Å². The number of carbonyl (C=O) groups is 2. The van der Waals surface area contributed by atoms with Gasteiger partial charge in [-0.3, -0.25) is 13.9 Å². The monoisotopic (exact) mass is 515 g/mol. The van der Waals surface area contributed by atoms with Gasteiger partial charge in [0.2, 0.25) is 21.8 Å². The quantitative estimate of drug-likeness (QED) is 0.523. The SMILES string of the molecule is CCC(C(=O)NC)N(Cc1ccc(Cl)c(Cl)c1)C(=O)CN(c1cccc(OC)c1)S(C)(=O)=O. The number of hydrogen-bond donors (Lipinski definition) is 1. The minimum atomic E-state index is -3.82. The van der Waals surface area contributed by atoms with Crippen molar-refractivity contribution in [2.75, 3.05) is 31.3 Å². The van der Waals surface area contributed by atoms with E-state index in [4.69, 9.17) is 27.9 Å². The van der Waals surface area contributed by atoms with Crippen LogP contribution in [0.2, 0.25) is 10.0 Å². The molecule has 0 heterocycles. The Hall–Kier alpha value is -2.49. The van der Waals surface area contributed by atoms with Crippen LogP contribution in [0.15, 0.2) is 42.5 Å². The number of halogens is 2. The Morgan fingerprint density at radius 2 is 1.82 bits per heavy atom. The van der Waals surface area contributed by atoms with E-state index in [0.29, 0.717) is 27.8 Å². The Morgan fingerprint density at radius 3 is 2.36 bits per heavy atom. The second-order valence-corrected chi connectivity index (χ2v) is 10.0. The Morgan fingerprint density at radius 1 is 1.12 bits per heavy atom. The second-order valence-electron chi connectivity index (χ2n) is 7.28. The summed E-state index contributed by atoms with van der Waals surface area (Å²) in [5, 5.41) is 3.23. The average Bonchev–Trinajstić information content (AvgIpc) is 2.78. The minimum Gasteiger partial charge on any atom is -0.497 e. The molecule has 0 aliphatic rings. The van der Waals surface area contributed by atoms with E-state index in [1.54, 1.807) is 43.3 Å². The standard InChI is InChI=1S/C22H27Cl2N3O5S/c1-5-20(22(29)25-2)26(13-15-9-10-18(23)19(24)11-15)21(28)14-27(33(4,30)31)16-7-6-8-17(12-16)32-3/h6-12,20H,5,13-14H2,1-4H3,(H,25,29). The smallest absolute Gasteiger partial charge is 0.244 e. The van der Waals surface area contributed by atoms with Crippen LogP contribution in [-0.4, -0.2) is 58.1 Å². The Bertz CT molecular complexity index is 1110. The lowest BCUT2D eigenvalue weighted by atomic mass is 10.1. The van der Waals surface area contributed by atoms with E-state index < -0.39 is 28.5 Å². The fourth-order valence-corrected chi connectivity index (χ4v) is 4.46.